The number of aliphatic hydroxyl groups is 3. The second-order valence-corrected chi connectivity index (χ2v) is 11.3. The number of benzene rings is 2. The van der Waals surface area contributed by atoms with Crippen LogP contribution < -0.4 is 10.6 Å². The minimum atomic E-state index is -2.72. The summed E-state index contributed by atoms with van der Waals surface area (Å²) in [6, 6.07) is 5.99. The van der Waals surface area contributed by atoms with E-state index in [1.54, 1.807) is 39.2 Å². The van der Waals surface area contributed by atoms with Gasteiger partial charge >= 0.3 is 0 Å². The zero-order chi connectivity index (χ0) is 30.8. The summed E-state index contributed by atoms with van der Waals surface area (Å²) in [6.45, 7) is 0. The molecule has 0 fully saturated rings. The van der Waals surface area contributed by atoms with Crippen molar-refractivity contribution in [2.75, 3.05) is 33.1 Å². The summed E-state index contributed by atoms with van der Waals surface area (Å²) in [5.74, 6) is -1.95. The number of nitrogens with zero attached hydrogens (tertiary/aromatic N) is 2. The molecule has 0 heterocycles. The predicted octanol–water partition coefficient (Wildman–Crippen LogP) is 1.73. The monoisotopic (exact) mass is 575 g/mol. The van der Waals surface area contributed by atoms with E-state index in [0.717, 1.165) is 0 Å². The summed E-state index contributed by atoms with van der Waals surface area (Å²) < 4.78 is 13.3. The number of primary amides is 1. The fraction of sp³-hybridized carbons (Fsp3) is 0.323. The molecule has 1 amide bonds. The van der Waals surface area contributed by atoms with Crippen LogP contribution >= 0.6 is 0 Å². The normalized spacial score (nSPS) is 25.0. The Labute approximate surface area is 241 Å². The second kappa shape index (κ2) is 10.0. The highest BCUT2D eigenvalue weighted by atomic mass is 19.1. The van der Waals surface area contributed by atoms with Gasteiger partial charge in [-0.25, -0.2) is 4.39 Å². The molecule has 0 saturated carbocycles. The number of ketones is 2. The zero-order valence-corrected chi connectivity index (χ0v) is 23.4. The number of anilines is 1. The van der Waals surface area contributed by atoms with Gasteiger partial charge in [-0.1, -0.05) is 11.8 Å². The number of halogens is 1. The number of rotatable bonds is 3. The maximum absolute atomic E-state index is 14.1. The largest absolute Gasteiger partial charge is 0.510 e. The van der Waals surface area contributed by atoms with Crippen molar-refractivity contribution in [3.05, 3.63) is 81.1 Å². The summed E-state index contributed by atoms with van der Waals surface area (Å²) >= 11 is 0. The Kier molecular flexibility index (Phi) is 6.88. The summed E-state index contributed by atoms with van der Waals surface area (Å²) in [7, 11) is 6.66. The van der Waals surface area contributed by atoms with Gasteiger partial charge in [0, 0.05) is 36.8 Å². The molecule has 0 radical (unpaired) electrons. The number of allylic oxidation sites excluding steroid dienone is 1. The number of phenols is 1. The van der Waals surface area contributed by atoms with Crippen molar-refractivity contribution >= 4 is 23.2 Å². The van der Waals surface area contributed by atoms with Crippen LogP contribution in [-0.4, -0.2) is 82.6 Å². The summed E-state index contributed by atoms with van der Waals surface area (Å²) in [6.07, 6.45) is 0.146. The van der Waals surface area contributed by atoms with Gasteiger partial charge in [0.25, 0.3) is 5.91 Å². The molecule has 218 valence electrons. The van der Waals surface area contributed by atoms with E-state index in [9.17, 15) is 39.2 Å². The van der Waals surface area contributed by atoms with Crippen LogP contribution in [-0.2, 0) is 16.0 Å². The number of carbonyl (C=O) groups excluding carboxylic acids is 3. The van der Waals surface area contributed by atoms with Gasteiger partial charge in [-0.3, -0.25) is 19.3 Å². The first kappa shape index (κ1) is 28.9. The lowest BCUT2D eigenvalue weighted by atomic mass is 9.58. The van der Waals surface area contributed by atoms with Crippen LogP contribution in [0.3, 0.4) is 0 Å². The third-order valence-corrected chi connectivity index (χ3v) is 8.37. The molecule has 3 aliphatic carbocycles. The smallest absolute Gasteiger partial charge is 0.255 e. The SMILES string of the molecule is CN(C)c1cc(C#Cc2ccc(F)cc2)c(O)c2c1C[C@@H]1C[C@H]3[C@@H](N(C)C)C(O)=C(C(N)=O)C(=O)[C@@]3(O)C(O)=C1C2=O. The van der Waals surface area contributed by atoms with Gasteiger partial charge in [0.05, 0.1) is 17.2 Å². The molecule has 10 nitrogen and oxygen atoms in total. The van der Waals surface area contributed by atoms with E-state index in [0.29, 0.717) is 16.8 Å². The lowest BCUT2D eigenvalue weighted by Gasteiger charge is -2.50. The number of carbonyl (C=O) groups is 3. The lowest BCUT2D eigenvalue weighted by Crippen LogP contribution is -2.63. The van der Waals surface area contributed by atoms with Crippen molar-refractivity contribution in [2.45, 2.75) is 24.5 Å². The molecule has 5 rings (SSSR count). The number of fused-ring (bicyclic) bond motifs is 3. The van der Waals surface area contributed by atoms with Crippen LogP contribution in [0.25, 0.3) is 0 Å². The Morgan fingerprint density at radius 2 is 1.71 bits per heavy atom. The average Bonchev–Trinajstić information content (AvgIpc) is 2.90. The molecular weight excluding hydrogens is 545 g/mol. The van der Waals surface area contributed by atoms with E-state index in [1.807, 2.05) is 0 Å². The fourth-order valence-electron chi connectivity index (χ4n) is 6.47. The van der Waals surface area contributed by atoms with E-state index >= 15 is 0 Å². The Morgan fingerprint density at radius 1 is 1.07 bits per heavy atom. The molecule has 2 aromatic carbocycles. The topological polar surface area (TPSA) is 165 Å². The third-order valence-electron chi connectivity index (χ3n) is 8.37. The number of hydrogen-bond acceptors (Lipinski definition) is 9. The van der Waals surface area contributed by atoms with Crippen LogP contribution in [0.2, 0.25) is 0 Å². The number of likely N-dealkylation sites (N-methyl/N-ethyl adjacent to an activating group) is 1. The highest BCUT2D eigenvalue weighted by molar-refractivity contribution is 6.25. The summed E-state index contributed by atoms with van der Waals surface area (Å²) in [4.78, 5) is 42.9. The highest BCUT2D eigenvalue weighted by Gasteiger charge is 2.63. The Hall–Kier alpha value is -4.66. The van der Waals surface area contributed by atoms with E-state index in [-0.39, 0.29) is 29.5 Å². The maximum atomic E-state index is 14.1. The Morgan fingerprint density at radius 3 is 2.29 bits per heavy atom. The quantitative estimate of drug-likeness (QED) is 0.271. The maximum Gasteiger partial charge on any atom is 0.255 e. The van der Waals surface area contributed by atoms with E-state index in [4.69, 9.17) is 5.73 Å². The molecule has 0 saturated heterocycles. The molecule has 0 bridgehead atoms. The molecule has 0 spiro atoms. The number of hydrogen-bond donors (Lipinski definition) is 5. The van der Waals surface area contributed by atoms with Gasteiger partial charge in [0.2, 0.25) is 5.78 Å². The van der Waals surface area contributed by atoms with Crippen LogP contribution in [0.4, 0.5) is 10.1 Å². The number of Topliss-reactive ketones (excluding diaryl/α,β-unsaturated/α-hetero) is 2. The van der Waals surface area contributed by atoms with Gasteiger partial charge in [0.15, 0.2) is 11.4 Å². The van der Waals surface area contributed by atoms with Crippen molar-refractivity contribution in [1.82, 2.24) is 4.90 Å². The number of aliphatic hydroxyl groups excluding tert-OH is 2. The van der Waals surface area contributed by atoms with Crippen LogP contribution in [0.15, 0.2) is 53.0 Å². The van der Waals surface area contributed by atoms with Crippen molar-refractivity contribution < 1.29 is 39.2 Å². The minimum Gasteiger partial charge on any atom is -0.510 e. The highest BCUT2D eigenvalue weighted by Crippen LogP contribution is 2.53. The molecule has 4 atom stereocenters. The van der Waals surface area contributed by atoms with Crippen LogP contribution in [0.5, 0.6) is 5.75 Å². The van der Waals surface area contributed by atoms with Gasteiger partial charge in [0.1, 0.15) is 28.7 Å². The first-order valence-corrected chi connectivity index (χ1v) is 13.2. The number of aromatic hydroxyl groups is 1. The van der Waals surface area contributed by atoms with Crippen molar-refractivity contribution in [1.29, 1.82) is 0 Å². The standard InChI is InChI=1S/C31H30FN3O7/c1-34(2)20-13-15(8-5-14-6-9-17(32)10-7-14)25(36)22-18(20)11-16-12-19-24(35(3)4)27(38)23(30(33)41)29(40)31(19,42)28(39)21(16)26(22)37/h6-7,9-10,13,16,19,24,36,38-39,42H,11-12H2,1-4H3,(H2,33,41)/t16-,19+,24-,31+/m1/s1. The second-order valence-electron chi connectivity index (χ2n) is 11.3. The molecule has 0 unspecified atom stereocenters. The molecule has 2 aromatic rings. The van der Waals surface area contributed by atoms with Gasteiger partial charge in [-0.15, -0.1) is 0 Å². The van der Waals surface area contributed by atoms with Crippen molar-refractivity contribution in [3.8, 4) is 17.6 Å². The molecule has 11 heteroatoms. The first-order valence-electron chi connectivity index (χ1n) is 13.2. The Bertz CT molecular complexity index is 1680. The zero-order valence-electron chi connectivity index (χ0n) is 23.4. The van der Waals surface area contributed by atoms with Crippen molar-refractivity contribution in [2.24, 2.45) is 17.6 Å². The predicted molar refractivity (Wildman–Crippen MR) is 150 cm³/mol. The summed E-state index contributed by atoms with van der Waals surface area (Å²) in [5.41, 5.74) is 3.06. The van der Waals surface area contributed by atoms with Crippen LogP contribution in [0.1, 0.15) is 33.5 Å². The minimum absolute atomic E-state index is 0.00842. The van der Waals surface area contributed by atoms with Gasteiger partial charge in [-0.2, -0.15) is 0 Å². The molecule has 3 aliphatic rings. The third kappa shape index (κ3) is 4.14. The first-order chi connectivity index (χ1) is 19.7. The molecule has 42 heavy (non-hydrogen) atoms. The van der Waals surface area contributed by atoms with E-state index in [1.165, 1.54) is 29.2 Å². The van der Waals surface area contributed by atoms with Crippen LogP contribution in [0, 0.1) is 29.5 Å². The van der Waals surface area contributed by atoms with Gasteiger partial charge in [-0.05, 0) is 68.8 Å². The number of phenolic OH excluding ortho intramolecular Hbond substituents is 1. The summed E-state index contributed by atoms with van der Waals surface area (Å²) in [5, 5.41) is 45.4. The number of nitrogens with two attached hydrogens (primary N) is 1. The molecule has 0 aromatic heterocycles. The number of amides is 1. The average molecular weight is 576 g/mol. The van der Waals surface area contributed by atoms with Gasteiger partial charge < -0.3 is 31.1 Å². The Balaban J connectivity index is 1.70. The lowest BCUT2D eigenvalue weighted by molar-refractivity contribution is -0.148. The molecule has 6 N–H and O–H groups in total. The molecular formula is C31H30FN3O7. The van der Waals surface area contributed by atoms with Crippen molar-refractivity contribution in [3.63, 3.8) is 0 Å². The fourth-order valence-corrected chi connectivity index (χ4v) is 6.47. The molecule has 0 aliphatic heterocycles. The van der Waals surface area contributed by atoms with E-state index < -0.39 is 69.6 Å². The van der Waals surface area contributed by atoms with E-state index in [2.05, 4.69) is 11.8 Å².